The number of hydrogen-bond acceptors (Lipinski definition) is 5. The Balaban J connectivity index is 1.96. The van der Waals surface area contributed by atoms with Gasteiger partial charge in [-0.2, -0.15) is 0 Å². The molecule has 7 nitrogen and oxygen atoms in total. The Morgan fingerprint density at radius 2 is 2.12 bits per heavy atom. The number of halogens is 1. The van der Waals surface area contributed by atoms with Gasteiger partial charge >= 0.3 is 0 Å². The zero-order chi connectivity index (χ0) is 19.3. The van der Waals surface area contributed by atoms with Crippen molar-refractivity contribution in [3.05, 3.63) is 45.2 Å². The van der Waals surface area contributed by atoms with Crippen LogP contribution < -0.4 is 10.6 Å². The average Bonchev–Trinajstić information content (AvgIpc) is 2.55. The van der Waals surface area contributed by atoms with Crippen molar-refractivity contribution in [1.82, 2.24) is 10.6 Å². The van der Waals surface area contributed by atoms with Crippen LogP contribution in [-0.4, -0.2) is 41.0 Å². The largest absolute Gasteiger partial charge is 0.482 e. The molecule has 140 valence electrons. The first-order valence-electron chi connectivity index (χ1n) is 8.07. The van der Waals surface area contributed by atoms with E-state index in [-0.39, 0.29) is 24.5 Å². The van der Waals surface area contributed by atoms with Gasteiger partial charge in [-0.1, -0.05) is 12.1 Å². The molecule has 1 aromatic carbocycles. The van der Waals surface area contributed by atoms with Crippen LogP contribution in [0.1, 0.15) is 25.8 Å². The van der Waals surface area contributed by atoms with Crippen molar-refractivity contribution in [2.24, 2.45) is 0 Å². The predicted octanol–water partition coefficient (Wildman–Crippen LogP) is 1.04. The standard InChI is InChI=1S/C18H21IN2O5/c1-18(2)8-13(23)7-15(26-18)17(25)21-14(10-22)16(24)20-9-11-4-3-5-12(19)6-11/h3-7,14,22H,8-10H2,1-2H3,(H,20,24)(H,21,25). The minimum atomic E-state index is -1.14. The first kappa shape index (κ1) is 20.4. The van der Waals surface area contributed by atoms with Crippen molar-refractivity contribution in [2.45, 2.75) is 38.5 Å². The molecule has 0 saturated heterocycles. The van der Waals surface area contributed by atoms with Crippen LogP contribution in [-0.2, 0) is 25.7 Å². The highest BCUT2D eigenvalue weighted by Crippen LogP contribution is 2.24. The lowest BCUT2D eigenvalue weighted by Gasteiger charge is -2.30. The third-order valence-electron chi connectivity index (χ3n) is 3.66. The molecule has 2 amide bonds. The monoisotopic (exact) mass is 472 g/mol. The fourth-order valence-electron chi connectivity index (χ4n) is 2.47. The zero-order valence-corrected chi connectivity index (χ0v) is 16.7. The van der Waals surface area contributed by atoms with Gasteiger partial charge in [0.1, 0.15) is 11.6 Å². The highest BCUT2D eigenvalue weighted by molar-refractivity contribution is 14.1. The van der Waals surface area contributed by atoms with Crippen molar-refractivity contribution in [2.75, 3.05) is 6.61 Å². The van der Waals surface area contributed by atoms with E-state index >= 15 is 0 Å². The molecule has 1 aliphatic heterocycles. The minimum absolute atomic E-state index is 0.157. The number of allylic oxidation sites excluding steroid dienone is 1. The highest BCUT2D eigenvalue weighted by atomic mass is 127. The summed E-state index contributed by atoms with van der Waals surface area (Å²) in [5.74, 6) is -1.62. The maximum atomic E-state index is 12.3. The SMILES string of the molecule is CC1(C)CC(=O)C=C(C(=O)NC(CO)C(=O)NCc2cccc(I)c2)O1. The molecule has 8 heteroatoms. The Bertz CT molecular complexity index is 745. The number of aliphatic hydroxyl groups excluding tert-OH is 1. The van der Waals surface area contributed by atoms with Crippen molar-refractivity contribution in [1.29, 1.82) is 0 Å². The van der Waals surface area contributed by atoms with Crippen LogP contribution in [0.25, 0.3) is 0 Å². The van der Waals surface area contributed by atoms with Crippen LogP contribution in [0.15, 0.2) is 36.1 Å². The van der Waals surface area contributed by atoms with Crippen LogP contribution >= 0.6 is 22.6 Å². The van der Waals surface area contributed by atoms with Gasteiger partial charge in [0.05, 0.1) is 6.61 Å². The fourth-order valence-corrected chi connectivity index (χ4v) is 3.08. The second-order valence-corrected chi connectivity index (χ2v) is 7.82. The van der Waals surface area contributed by atoms with Gasteiger partial charge in [0.15, 0.2) is 11.5 Å². The molecule has 3 N–H and O–H groups in total. The number of rotatable bonds is 6. The quantitative estimate of drug-likeness (QED) is 0.537. The maximum Gasteiger partial charge on any atom is 0.287 e. The predicted molar refractivity (Wildman–Crippen MR) is 103 cm³/mol. The smallest absolute Gasteiger partial charge is 0.287 e. The molecule has 0 radical (unpaired) electrons. The van der Waals surface area contributed by atoms with Crippen molar-refractivity contribution >= 4 is 40.2 Å². The van der Waals surface area contributed by atoms with E-state index in [9.17, 15) is 19.5 Å². The second kappa shape index (κ2) is 8.63. The van der Waals surface area contributed by atoms with Gasteiger partial charge in [0, 0.05) is 22.6 Å². The molecule has 1 aromatic rings. The molecule has 1 aliphatic rings. The number of hydrogen-bond donors (Lipinski definition) is 3. The Morgan fingerprint density at radius 1 is 1.38 bits per heavy atom. The zero-order valence-electron chi connectivity index (χ0n) is 14.5. The number of amides is 2. The van der Waals surface area contributed by atoms with E-state index < -0.39 is 30.1 Å². The summed E-state index contributed by atoms with van der Waals surface area (Å²) in [6.45, 7) is 3.09. The molecule has 0 saturated carbocycles. The van der Waals surface area contributed by atoms with Crippen molar-refractivity contribution in [3.63, 3.8) is 0 Å². The van der Waals surface area contributed by atoms with E-state index in [1.54, 1.807) is 13.8 Å². The normalized spacial score (nSPS) is 16.9. The average molecular weight is 472 g/mol. The Morgan fingerprint density at radius 3 is 2.73 bits per heavy atom. The molecular formula is C18H21IN2O5. The van der Waals surface area contributed by atoms with Gasteiger partial charge in [-0.25, -0.2) is 0 Å². The lowest BCUT2D eigenvalue weighted by Crippen LogP contribution is -2.50. The summed E-state index contributed by atoms with van der Waals surface area (Å²) in [6.07, 6.45) is 1.28. The van der Waals surface area contributed by atoms with Crippen LogP contribution in [0.3, 0.4) is 0 Å². The van der Waals surface area contributed by atoms with Crippen molar-refractivity contribution < 1.29 is 24.2 Å². The molecule has 0 fully saturated rings. The van der Waals surface area contributed by atoms with E-state index in [1.807, 2.05) is 24.3 Å². The third kappa shape index (κ3) is 5.80. The van der Waals surface area contributed by atoms with Gasteiger partial charge < -0.3 is 20.5 Å². The summed E-state index contributed by atoms with van der Waals surface area (Å²) >= 11 is 2.17. The van der Waals surface area contributed by atoms with E-state index in [4.69, 9.17) is 4.74 Å². The summed E-state index contributed by atoms with van der Waals surface area (Å²) in [7, 11) is 0. The van der Waals surface area contributed by atoms with E-state index in [0.717, 1.165) is 15.2 Å². The van der Waals surface area contributed by atoms with Gasteiger partial charge in [-0.3, -0.25) is 14.4 Å². The molecule has 1 unspecified atom stereocenters. The summed E-state index contributed by atoms with van der Waals surface area (Å²) in [5, 5.41) is 14.5. The molecule has 0 bridgehead atoms. The molecular weight excluding hydrogens is 451 g/mol. The molecule has 26 heavy (non-hydrogen) atoms. The number of benzene rings is 1. The summed E-state index contributed by atoms with van der Waals surface area (Å²) < 4.78 is 6.52. The lowest BCUT2D eigenvalue weighted by atomic mass is 9.98. The molecule has 0 aromatic heterocycles. The molecule has 0 aliphatic carbocycles. The second-order valence-electron chi connectivity index (χ2n) is 6.57. The van der Waals surface area contributed by atoms with Crippen LogP contribution in [0.5, 0.6) is 0 Å². The number of aliphatic hydroxyl groups is 1. The molecule has 1 heterocycles. The summed E-state index contributed by atoms with van der Waals surface area (Å²) in [4.78, 5) is 36.2. The number of ketones is 1. The Kier molecular flexibility index (Phi) is 6.76. The number of carbonyl (C=O) groups is 3. The van der Waals surface area contributed by atoms with E-state index in [1.165, 1.54) is 0 Å². The minimum Gasteiger partial charge on any atom is -0.482 e. The van der Waals surface area contributed by atoms with Gasteiger partial charge in [-0.15, -0.1) is 0 Å². The summed E-state index contributed by atoms with van der Waals surface area (Å²) in [6, 6.07) is 6.45. The fraction of sp³-hybridized carbons (Fsp3) is 0.389. The first-order chi connectivity index (χ1) is 12.2. The maximum absolute atomic E-state index is 12.3. The van der Waals surface area contributed by atoms with Crippen molar-refractivity contribution in [3.8, 4) is 0 Å². The lowest BCUT2D eigenvalue weighted by molar-refractivity contribution is -0.134. The van der Waals surface area contributed by atoms with Crippen LogP contribution in [0.4, 0.5) is 0 Å². The van der Waals surface area contributed by atoms with Gasteiger partial charge in [-0.05, 0) is 54.1 Å². The van der Waals surface area contributed by atoms with Crippen LogP contribution in [0.2, 0.25) is 0 Å². The highest BCUT2D eigenvalue weighted by Gasteiger charge is 2.33. The Labute approximate surface area is 165 Å². The first-order valence-corrected chi connectivity index (χ1v) is 9.15. The molecule has 1 atom stereocenters. The van der Waals surface area contributed by atoms with E-state index in [2.05, 4.69) is 33.2 Å². The topological polar surface area (TPSA) is 105 Å². The molecule has 2 rings (SSSR count). The number of carbonyl (C=O) groups excluding carboxylic acids is 3. The Hall–Kier alpha value is -1.94. The summed E-state index contributed by atoms with van der Waals surface area (Å²) in [5.41, 5.74) is 0.110. The van der Waals surface area contributed by atoms with Crippen LogP contribution in [0, 0.1) is 3.57 Å². The number of ether oxygens (including phenoxy) is 1. The molecule has 0 spiro atoms. The van der Waals surface area contributed by atoms with Gasteiger partial charge in [0.25, 0.3) is 5.91 Å². The third-order valence-corrected chi connectivity index (χ3v) is 4.33. The van der Waals surface area contributed by atoms with Gasteiger partial charge in [0.2, 0.25) is 5.91 Å². The van der Waals surface area contributed by atoms with E-state index in [0.29, 0.717) is 0 Å². The number of nitrogens with one attached hydrogen (secondary N) is 2.